The summed E-state index contributed by atoms with van der Waals surface area (Å²) in [6.07, 6.45) is 3.49. The summed E-state index contributed by atoms with van der Waals surface area (Å²) in [5, 5.41) is 0. The van der Waals surface area contributed by atoms with Gasteiger partial charge in [-0.25, -0.2) is 0 Å². The largest absolute Gasteiger partial charge is 0.349 e. The number of carbonyl (C=O) groups excluding carboxylic acids is 1. The molecule has 0 radical (unpaired) electrons. The summed E-state index contributed by atoms with van der Waals surface area (Å²) in [5.41, 5.74) is 0. The first kappa shape index (κ1) is 10.7. The first-order valence-corrected chi connectivity index (χ1v) is 5.00. The average molecular weight is 186 g/mol. The lowest BCUT2D eigenvalue weighted by Crippen LogP contribution is -2.39. The normalized spacial score (nSPS) is 17.4. The summed E-state index contributed by atoms with van der Waals surface area (Å²) in [7, 11) is 0. The molecule has 0 bridgehead atoms. The molecule has 0 amide bonds. The number of hydrogen-bond acceptors (Lipinski definition) is 3. The molecule has 0 N–H and O–H groups in total. The average Bonchev–Trinajstić information content (AvgIpc) is 2.87. The molecule has 0 saturated heterocycles. The van der Waals surface area contributed by atoms with Gasteiger partial charge in [-0.1, -0.05) is 0 Å². The minimum Gasteiger partial charge on any atom is -0.349 e. The second-order valence-electron chi connectivity index (χ2n) is 3.32. The first-order valence-electron chi connectivity index (χ1n) is 5.00. The predicted octanol–water partition coefficient (Wildman–Crippen LogP) is 1.75. The van der Waals surface area contributed by atoms with E-state index in [0.717, 1.165) is 19.1 Å². The van der Waals surface area contributed by atoms with Crippen LogP contribution in [0.5, 0.6) is 0 Å². The maximum atomic E-state index is 10.5. The quantitative estimate of drug-likeness (QED) is 0.449. The standard InChI is InChI=1S/C10H18O3/c1-3-12-10(7-8-11,13-4-2)9-5-6-9/h8-9H,3-7H2,1-2H3. The van der Waals surface area contributed by atoms with Crippen molar-refractivity contribution in [2.24, 2.45) is 5.92 Å². The van der Waals surface area contributed by atoms with Crippen molar-refractivity contribution < 1.29 is 14.3 Å². The van der Waals surface area contributed by atoms with E-state index in [0.29, 0.717) is 25.6 Å². The van der Waals surface area contributed by atoms with Crippen LogP contribution in [-0.4, -0.2) is 25.3 Å². The van der Waals surface area contributed by atoms with Crippen molar-refractivity contribution >= 4 is 6.29 Å². The lowest BCUT2D eigenvalue weighted by Gasteiger charge is -2.31. The third-order valence-corrected chi connectivity index (χ3v) is 2.34. The van der Waals surface area contributed by atoms with Crippen molar-refractivity contribution in [2.75, 3.05) is 13.2 Å². The summed E-state index contributed by atoms with van der Waals surface area (Å²) in [5.74, 6) is -0.178. The van der Waals surface area contributed by atoms with Gasteiger partial charge in [0.25, 0.3) is 0 Å². The SMILES string of the molecule is CCOC(CC=O)(OCC)C1CC1. The van der Waals surface area contributed by atoms with Gasteiger partial charge < -0.3 is 14.3 Å². The molecule has 0 aliphatic heterocycles. The summed E-state index contributed by atoms with van der Waals surface area (Å²) >= 11 is 0. The fourth-order valence-electron chi connectivity index (χ4n) is 1.69. The molecule has 3 heteroatoms. The van der Waals surface area contributed by atoms with E-state index in [1.807, 2.05) is 13.8 Å². The van der Waals surface area contributed by atoms with Gasteiger partial charge in [0.1, 0.15) is 6.29 Å². The Labute approximate surface area is 79.4 Å². The van der Waals surface area contributed by atoms with Crippen molar-refractivity contribution in [1.29, 1.82) is 0 Å². The summed E-state index contributed by atoms with van der Waals surface area (Å²) in [4.78, 5) is 10.5. The molecule has 1 aliphatic carbocycles. The number of carbonyl (C=O) groups is 1. The minimum absolute atomic E-state index is 0.360. The van der Waals surface area contributed by atoms with Gasteiger partial charge in [0.2, 0.25) is 0 Å². The molecule has 13 heavy (non-hydrogen) atoms. The lowest BCUT2D eigenvalue weighted by molar-refractivity contribution is -0.245. The summed E-state index contributed by atoms with van der Waals surface area (Å²) in [6.45, 7) is 5.07. The molecule has 0 spiro atoms. The highest BCUT2D eigenvalue weighted by molar-refractivity contribution is 5.51. The first-order chi connectivity index (χ1) is 6.29. The monoisotopic (exact) mass is 186 g/mol. The van der Waals surface area contributed by atoms with E-state index in [1.54, 1.807) is 0 Å². The third-order valence-electron chi connectivity index (χ3n) is 2.34. The van der Waals surface area contributed by atoms with Crippen LogP contribution in [0.2, 0.25) is 0 Å². The zero-order valence-corrected chi connectivity index (χ0v) is 8.41. The number of aldehydes is 1. The maximum Gasteiger partial charge on any atom is 0.177 e. The Morgan fingerprint density at radius 2 is 1.85 bits per heavy atom. The third kappa shape index (κ3) is 2.51. The molecule has 1 aliphatic rings. The lowest BCUT2D eigenvalue weighted by atomic mass is 10.1. The van der Waals surface area contributed by atoms with Gasteiger partial charge in [0, 0.05) is 19.1 Å². The van der Waals surface area contributed by atoms with Crippen LogP contribution < -0.4 is 0 Å². The van der Waals surface area contributed by atoms with Gasteiger partial charge in [-0.15, -0.1) is 0 Å². The van der Waals surface area contributed by atoms with E-state index < -0.39 is 5.79 Å². The molecule has 0 aromatic heterocycles. The van der Waals surface area contributed by atoms with Gasteiger partial charge in [-0.05, 0) is 26.7 Å². The van der Waals surface area contributed by atoms with E-state index in [1.165, 1.54) is 0 Å². The van der Waals surface area contributed by atoms with E-state index in [-0.39, 0.29) is 0 Å². The molecule has 0 atom stereocenters. The maximum absolute atomic E-state index is 10.5. The van der Waals surface area contributed by atoms with Crippen LogP contribution in [-0.2, 0) is 14.3 Å². The number of hydrogen-bond donors (Lipinski definition) is 0. The summed E-state index contributed by atoms with van der Waals surface area (Å²) in [6, 6.07) is 0. The fraction of sp³-hybridized carbons (Fsp3) is 0.900. The Morgan fingerprint density at radius 1 is 1.31 bits per heavy atom. The summed E-state index contributed by atoms with van der Waals surface area (Å²) < 4.78 is 11.2. The Morgan fingerprint density at radius 3 is 2.15 bits per heavy atom. The van der Waals surface area contributed by atoms with Gasteiger partial charge in [-0.3, -0.25) is 0 Å². The van der Waals surface area contributed by atoms with Crippen molar-refractivity contribution in [3.63, 3.8) is 0 Å². The van der Waals surface area contributed by atoms with E-state index in [9.17, 15) is 4.79 Å². The highest BCUT2D eigenvalue weighted by Gasteiger charge is 2.46. The zero-order valence-electron chi connectivity index (χ0n) is 8.41. The molecule has 1 fully saturated rings. The van der Waals surface area contributed by atoms with E-state index >= 15 is 0 Å². The topological polar surface area (TPSA) is 35.5 Å². The van der Waals surface area contributed by atoms with Crippen LogP contribution in [0.25, 0.3) is 0 Å². The van der Waals surface area contributed by atoms with Crippen LogP contribution in [0.4, 0.5) is 0 Å². The van der Waals surface area contributed by atoms with Crippen molar-refractivity contribution in [2.45, 2.75) is 38.9 Å². The molecule has 0 aromatic rings. The van der Waals surface area contributed by atoms with Gasteiger partial charge in [-0.2, -0.15) is 0 Å². The Kier molecular flexibility index (Phi) is 3.88. The molecule has 76 valence electrons. The van der Waals surface area contributed by atoms with Crippen LogP contribution >= 0.6 is 0 Å². The second kappa shape index (κ2) is 4.72. The van der Waals surface area contributed by atoms with Gasteiger partial charge in [0.05, 0.1) is 6.42 Å². The molecule has 1 rings (SSSR count). The molecule has 0 unspecified atom stereocenters. The number of ether oxygens (including phenoxy) is 2. The molecule has 0 heterocycles. The highest BCUT2D eigenvalue weighted by Crippen LogP contribution is 2.44. The molecular weight excluding hydrogens is 168 g/mol. The van der Waals surface area contributed by atoms with Gasteiger partial charge in [0.15, 0.2) is 5.79 Å². The zero-order chi connectivity index (χ0) is 9.73. The highest BCUT2D eigenvalue weighted by atomic mass is 16.7. The minimum atomic E-state index is -0.606. The molecular formula is C10H18O3. The Hall–Kier alpha value is -0.410. The predicted molar refractivity (Wildman–Crippen MR) is 49.4 cm³/mol. The van der Waals surface area contributed by atoms with Crippen molar-refractivity contribution in [3.05, 3.63) is 0 Å². The number of rotatable bonds is 7. The molecule has 3 nitrogen and oxygen atoms in total. The Balaban J connectivity index is 2.59. The smallest absolute Gasteiger partial charge is 0.177 e. The van der Waals surface area contributed by atoms with Crippen molar-refractivity contribution in [1.82, 2.24) is 0 Å². The fourth-order valence-corrected chi connectivity index (χ4v) is 1.69. The van der Waals surface area contributed by atoms with Crippen LogP contribution in [0.15, 0.2) is 0 Å². The van der Waals surface area contributed by atoms with E-state index in [2.05, 4.69) is 0 Å². The van der Waals surface area contributed by atoms with Gasteiger partial charge >= 0.3 is 0 Å². The second-order valence-corrected chi connectivity index (χ2v) is 3.32. The van der Waals surface area contributed by atoms with Crippen LogP contribution in [0.3, 0.4) is 0 Å². The molecule has 0 aromatic carbocycles. The van der Waals surface area contributed by atoms with Crippen LogP contribution in [0.1, 0.15) is 33.1 Å². The molecule has 1 saturated carbocycles. The van der Waals surface area contributed by atoms with Crippen LogP contribution in [0, 0.1) is 5.92 Å². The van der Waals surface area contributed by atoms with Crippen molar-refractivity contribution in [3.8, 4) is 0 Å². The Bertz CT molecular complexity index is 158. The van der Waals surface area contributed by atoms with E-state index in [4.69, 9.17) is 9.47 Å².